The third-order valence-corrected chi connectivity index (χ3v) is 2.69. The molecule has 1 nitrogen and oxygen atoms in total. The Morgan fingerprint density at radius 3 is 2.81 bits per heavy atom. The van der Waals surface area contributed by atoms with Crippen LogP contribution in [-0.2, 0) is 0 Å². The van der Waals surface area contributed by atoms with Gasteiger partial charge in [-0.05, 0) is 37.1 Å². The molecule has 0 radical (unpaired) electrons. The number of pyridine rings is 1. The quantitative estimate of drug-likeness (QED) is 0.677. The SMILES string of the molecule is C=C/C=C(\C)c1cc(C)c2ccccc2n1. The van der Waals surface area contributed by atoms with Crippen molar-refractivity contribution in [3.8, 4) is 0 Å². The van der Waals surface area contributed by atoms with Crippen molar-refractivity contribution >= 4 is 16.5 Å². The topological polar surface area (TPSA) is 12.9 Å². The molecule has 0 aliphatic carbocycles. The predicted molar refractivity (Wildman–Crippen MR) is 70.3 cm³/mol. The van der Waals surface area contributed by atoms with Crippen LogP contribution in [0.1, 0.15) is 18.2 Å². The highest BCUT2D eigenvalue weighted by Gasteiger charge is 2.02. The van der Waals surface area contributed by atoms with E-state index in [0.717, 1.165) is 16.8 Å². The Bertz CT molecular complexity index is 565. The van der Waals surface area contributed by atoms with Crippen molar-refractivity contribution in [3.63, 3.8) is 0 Å². The Morgan fingerprint density at radius 2 is 2.06 bits per heavy atom. The zero-order valence-electron chi connectivity index (χ0n) is 9.70. The number of aryl methyl sites for hydroxylation is 1. The van der Waals surface area contributed by atoms with Crippen LogP contribution in [0.4, 0.5) is 0 Å². The summed E-state index contributed by atoms with van der Waals surface area (Å²) in [7, 11) is 0. The van der Waals surface area contributed by atoms with Crippen LogP contribution in [0, 0.1) is 6.92 Å². The molecule has 0 N–H and O–H groups in total. The number of rotatable bonds is 2. The normalized spacial score (nSPS) is 11.8. The lowest BCUT2D eigenvalue weighted by Gasteiger charge is -2.06. The summed E-state index contributed by atoms with van der Waals surface area (Å²) < 4.78 is 0. The van der Waals surface area contributed by atoms with Gasteiger partial charge in [0.25, 0.3) is 0 Å². The molecule has 16 heavy (non-hydrogen) atoms. The summed E-state index contributed by atoms with van der Waals surface area (Å²) in [5, 5.41) is 1.22. The Kier molecular flexibility index (Phi) is 2.86. The minimum Gasteiger partial charge on any atom is -0.248 e. The van der Waals surface area contributed by atoms with E-state index in [9.17, 15) is 0 Å². The van der Waals surface area contributed by atoms with E-state index >= 15 is 0 Å². The van der Waals surface area contributed by atoms with Gasteiger partial charge in [-0.3, -0.25) is 0 Å². The first-order valence-corrected chi connectivity index (χ1v) is 5.38. The minimum absolute atomic E-state index is 1.02. The molecule has 80 valence electrons. The van der Waals surface area contributed by atoms with Crippen molar-refractivity contribution in [2.24, 2.45) is 0 Å². The Labute approximate surface area is 96.1 Å². The molecular weight excluding hydrogens is 194 g/mol. The smallest absolute Gasteiger partial charge is 0.0712 e. The molecule has 0 fully saturated rings. The van der Waals surface area contributed by atoms with Crippen LogP contribution in [0.25, 0.3) is 16.5 Å². The van der Waals surface area contributed by atoms with Crippen molar-refractivity contribution in [2.75, 3.05) is 0 Å². The second-order valence-electron chi connectivity index (χ2n) is 3.93. The Morgan fingerprint density at radius 1 is 1.31 bits per heavy atom. The maximum atomic E-state index is 4.64. The van der Waals surface area contributed by atoms with Crippen LogP contribution in [0.15, 0.2) is 49.1 Å². The summed E-state index contributed by atoms with van der Waals surface area (Å²) in [4.78, 5) is 4.64. The van der Waals surface area contributed by atoms with Gasteiger partial charge in [0.15, 0.2) is 0 Å². The molecule has 0 bridgehead atoms. The van der Waals surface area contributed by atoms with Crippen LogP contribution < -0.4 is 0 Å². The average molecular weight is 209 g/mol. The summed E-state index contributed by atoms with van der Waals surface area (Å²) in [6.45, 7) is 7.88. The van der Waals surface area contributed by atoms with Gasteiger partial charge in [-0.25, -0.2) is 4.98 Å². The van der Waals surface area contributed by atoms with E-state index in [1.54, 1.807) is 6.08 Å². The van der Waals surface area contributed by atoms with Gasteiger partial charge < -0.3 is 0 Å². The maximum absolute atomic E-state index is 4.64. The second-order valence-corrected chi connectivity index (χ2v) is 3.93. The fourth-order valence-electron chi connectivity index (χ4n) is 1.81. The molecule has 0 atom stereocenters. The van der Waals surface area contributed by atoms with Crippen LogP contribution in [0.2, 0.25) is 0 Å². The molecule has 0 unspecified atom stereocenters. The molecule has 0 aliphatic rings. The number of hydrogen-bond acceptors (Lipinski definition) is 1. The molecule has 1 heteroatoms. The summed E-state index contributed by atoms with van der Waals surface area (Å²) in [6.07, 6.45) is 3.78. The lowest BCUT2D eigenvalue weighted by Crippen LogP contribution is -1.90. The molecule has 1 aromatic carbocycles. The standard InChI is InChI=1S/C15H15N/c1-4-7-11(2)15-10-12(3)13-8-5-6-9-14(13)16-15/h4-10H,1H2,2-3H3/b11-7+. The number of benzene rings is 1. The first kappa shape index (κ1) is 10.6. The zero-order valence-corrected chi connectivity index (χ0v) is 9.70. The number of hydrogen-bond donors (Lipinski definition) is 0. The summed E-state index contributed by atoms with van der Waals surface area (Å²) in [6, 6.07) is 10.3. The molecule has 2 rings (SSSR count). The van der Waals surface area contributed by atoms with Gasteiger partial charge in [0.2, 0.25) is 0 Å². The van der Waals surface area contributed by atoms with Gasteiger partial charge in [-0.2, -0.15) is 0 Å². The van der Waals surface area contributed by atoms with E-state index in [4.69, 9.17) is 0 Å². The highest BCUT2D eigenvalue weighted by Crippen LogP contribution is 2.21. The van der Waals surface area contributed by atoms with E-state index in [2.05, 4.69) is 37.5 Å². The first-order chi connectivity index (χ1) is 7.72. The van der Waals surface area contributed by atoms with Gasteiger partial charge in [-0.1, -0.05) is 36.9 Å². The monoisotopic (exact) mass is 209 g/mol. The van der Waals surface area contributed by atoms with E-state index in [1.165, 1.54) is 10.9 Å². The highest BCUT2D eigenvalue weighted by molar-refractivity contribution is 5.84. The van der Waals surface area contributed by atoms with E-state index in [0.29, 0.717) is 0 Å². The van der Waals surface area contributed by atoms with Crippen molar-refractivity contribution in [3.05, 3.63) is 60.3 Å². The molecule has 0 saturated carbocycles. The summed E-state index contributed by atoms with van der Waals surface area (Å²) in [5.41, 5.74) is 4.48. The van der Waals surface area contributed by atoms with Crippen molar-refractivity contribution in [1.29, 1.82) is 0 Å². The molecule has 0 amide bonds. The number of para-hydroxylation sites is 1. The minimum atomic E-state index is 1.02. The van der Waals surface area contributed by atoms with Gasteiger partial charge in [0, 0.05) is 5.39 Å². The largest absolute Gasteiger partial charge is 0.248 e. The fraction of sp³-hybridized carbons (Fsp3) is 0.133. The maximum Gasteiger partial charge on any atom is 0.0712 e. The molecule has 0 spiro atoms. The number of allylic oxidation sites excluding steroid dienone is 3. The third kappa shape index (κ3) is 1.89. The molecular formula is C15H15N. The molecule has 0 aliphatic heterocycles. The number of aromatic nitrogens is 1. The van der Waals surface area contributed by atoms with Crippen molar-refractivity contribution in [1.82, 2.24) is 4.98 Å². The number of nitrogens with zero attached hydrogens (tertiary/aromatic N) is 1. The van der Waals surface area contributed by atoms with Crippen LogP contribution >= 0.6 is 0 Å². The van der Waals surface area contributed by atoms with Crippen LogP contribution in [0.3, 0.4) is 0 Å². The van der Waals surface area contributed by atoms with Gasteiger partial charge in [-0.15, -0.1) is 0 Å². The molecule has 2 aromatic rings. The highest BCUT2D eigenvalue weighted by atomic mass is 14.7. The zero-order chi connectivity index (χ0) is 11.5. The summed E-state index contributed by atoms with van der Waals surface area (Å²) in [5.74, 6) is 0. The Balaban J connectivity index is 2.66. The van der Waals surface area contributed by atoms with E-state index in [-0.39, 0.29) is 0 Å². The molecule has 0 saturated heterocycles. The van der Waals surface area contributed by atoms with Crippen LogP contribution in [-0.4, -0.2) is 4.98 Å². The Hall–Kier alpha value is -1.89. The van der Waals surface area contributed by atoms with Gasteiger partial charge >= 0.3 is 0 Å². The van der Waals surface area contributed by atoms with Crippen molar-refractivity contribution < 1.29 is 0 Å². The third-order valence-electron chi connectivity index (χ3n) is 2.69. The summed E-state index contributed by atoms with van der Waals surface area (Å²) >= 11 is 0. The lowest BCUT2D eigenvalue weighted by molar-refractivity contribution is 1.30. The number of fused-ring (bicyclic) bond motifs is 1. The predicted octanol–water partition coefficient (Wildman–Crippen LogP) is 4.13. The van der Waals surface area contributed by atoms with Crippen molar-refractivity contribution in [2.45, 2.75) is 13.8 Å². The van der Waals surface area contributed by atoms with Crippen LogP contribution in [0.5, 0.6) is 0 Å². The average Bonchev–Trinajstić information content (AvgIpc) is 2.29. The lowest BCUT2D eigenvalue weighted by atomic mass is 10.1. The molecule has 1 heterocycles. The van der Waals surface area contributed by atoms with E-state index in [1.807, 2.05) is 24.3 Å². The van der Waals surface area contributed by atoms with E-state index < -0.39 is 0 Å². The van der Waals surface area contributed by atoms with Gasteiger partial charge in [0.1, 0.15) is 0 Å². The van der Waals surface area contributed by atoms with Gasteiger partial charge in [0.05, 0.1) is 11.2 Å². The molecule has 1 aromatic heterocycles. The first-order valence-electron chi connectivity index (χ1n) is 5.38. The fourth-order valence-corrected chi connectivity index (χ4v) is 1.81. The second kappa shape index (κ2) is 4.31.